The second-order valence-corrected chi connectivity index (χ2v) is 9.21. The highest BCUT2D eigenvalue weighted by Gasteiger charge is 2.22. The maximum absolute atomic E-state index is 12.4. The smallest absolute Gasteiger partial charge is 0.410 e. The largest absolute Gasteiger partial charge is 0.444 e. The lowest BCUT2D eigenvalue weighted by Crippen LogP contribution is -2.36. The lowest BCUT2D eigenvalue weighted by atomic mass is 10.1. The number of nitrogens with zero attached hydrogens (tertiary/aromatic N) is 1. The van der Waals surface area contributed by atoms with Crippen LogP contribution in [-0.4, -0.2) is 29.0 Å². The first-order valence-corrected chi connectivity index (χ1v) is 10.5. The number of benzene rings is 1. The van der Waals surface area contributed by atoms with Gasteiger partial charge in [0.25, 0.3) is 0 Å². The number of carbonyl (C=O) groups is 2. The fourth-order valence-electron chi connectivity index (χ4n) is 2.55. The van der Waals surface area contributed by atoms with E-state index in [-0.39, 0.29) is 12.0 Å². The van der Waals surface area contributed by atoms with Crippen molar-refractivity contribution in [1.82, 2.24) is 4.90 Å². The Morgan fingerprint density at radius 1 is 1.18 bits per heavy atom. The van der Waals surface area contributed by atoms with Crippen molar-refractivity contribution in [2.45, 2.75) is 52.7 Å². The molecule has 0 atom stereocenters. The van der Waals surface area contributed by atoms with Crippen LogP contribution in [0.5, 0.6) is 0 Å². The molecule has 0 spiro atoms. The topological polar surface area (TPSA) is 58.6 Å². The van der Waals surface area contributed by atoms with Gasteiger partial charge in [0.1, 0.15) is 5.60 Å². The molecule has 5 nitrogen and oxygen atoms in total. The highest BCUT2D eigenvalue weighted by atomic mass is 35.5. The van der Waals surface area contributed by atoms with Crippen LogP contribution in [0.15, 0.2) is 36.4 Å². The van der Waals surface area contributed by atoms with Gasteiger partial charge in [-0.3, -0.25) is 4.79 Å². The second kappa shape index (κ2) is 9.94. The molecule has 1 aromatic heterocycles. The third-order valence-corrected chi connectivity index (χ3v) is 5.20. The maximum atomic E-state index is 12.4. The van der Waals surface area contributed by atoms with Gasteiger partial charge in [-0.2, -0.15) is 0 Å². The van der Waals surface area contributed by atoms with E-state index < -0.39 is 5.60 Å². The minimum Gasteiger partial charge on any atom is -0.444 e. The number of rotatable bonds is 7. The molecule has 0 aliphatic rings. The molecule has 0 saturated heterocycles. The molecule has 152 valence electrons. The Morgan fingerprint density at radius 2 is 1.89 bits per heavy atom. The monoisotopic (exact) mass is 422 g/mol. The van der Waals surface area contributed by atoms with Gasteiger partial charge in [0.2, 0.25) is 5.91 Å². The van der Waals surface area contributed by atoms with Crippen molar-refractivity contribution in [3.8, 4) is 0 Å². The van der Waals surface area contributed by atoms with Crippen molar-refractivity contribution in [2.24, 2.45) is 0 Å². The number of ether oxygens (including phenoxy) is 1. The van der Waals surface area contributed by atoms with Gasteiger partial charge in [0.05, 0.1) is 10.9 Å². The molecule has 0 fully saturated rings. The molecule has 28 heavy (non-hydrogen) atoms. The summed E-state index contributed by atoms with van der Waals surface area (Å²) in [6.45, 7) is 8.30. The Labute approximate surface area is 175 Å². The quantitative estimate of drug-likeness (QED) is 0.619. The summed E-state index contributed by atoms with van der Waals surface area (Å²) in [7, 11) is 0. The van der Waals surface area contributed by atoms with E-state index in [1.54, 1.807) is 4.90 Å². The molecular formula is C21H27ClN2O3S. The number of hydrogen-bond acceptors (Lipinski definition) is 4. The Bertz CT molecular complexity index is 814. The van der Waals surface area contributed by atoms with E-state index in [9.17, 15) is 9.59 Å². The predicted molar refractivity (Wildman–Crippen MR) is 115 cm³/mol. The molecule has 1 aromatic carbocycles. The van der Waals surface area contributed by atoms with Gasteiger partial charge >= 0.3 is 6.09 Å². The summed E-state index contributed by atoms with van der Waals surface area (Å²) in [5.74, 6) is -0.0720. The molecule has 0 aliphatic carbocycles. The summed E-state index contributed by atoms with van der Waals surface area (Å²) in [6.07, 6.45) is 0.643. The van der Waals surface area contributed by atoms with Crippen LogP contribution in [0, 0.1) is 0 Å². The molecule has 0 bridgehead atoms. The van der Waals surface area contributed by atoms with E-state index >= 15 is 0 Å². The van der Waals surface area contributed by atoms with Gasteiger partial charge in [0, 0.05) is 23.5 Å². The van der Waals surface area contributed by atoms with Gasteiger partial charge in [0.15, 0.2) is 0 Å². The lowest BCUT2D eigenvalue weighted by Gasteiger charge is -2.27. The normalized spacial score (nSPS) is 11.2. The fraction of sp³-hybridized carbons (Fsp3) is 0.429. The van der Waals surface area contributed by atoms with Gasteiger partial charge in [-0.25, -0.2) is 4.79 Å². The van der Waals surface area contributed by atoms with Crippen LogP contribution in [-0.2, 0) is 22.5 Å². The minimum atomic E-state index is -0.553. The number of anilines is 1. The Kier molecular flexibility index (Phi) is 7.89. The molecule has 2 rings (SSSR count). The number of halogens is 1. The second-order valence-electron chi connectivity index (χ2n) is 7.41. The zero-order chi connectivity index (χ0) is 20.7. The van der Waals surface area contributed by atoms with E-state index in [2.05, 4.69) is 5.32 Å². The van der Waals surface area contributed by atoms with E-state index in [1.165, 1.54) is 11.3 Å². The zero-order valence-corrected chi connectivity index (χ0v) is 18.3. The standard InChI is InChI=1S/C21H27ClN2O3S/c1-5-24(20(26)27-21(2,3)4)14-15-8-6-7-9-17(15)23-19(25)13-11-16-10-12-18(22)28-16/h6-10,12H,5,11,13-14H2,1-4H3,(H,23,25). The highest BCUT2D eigenvalue weighted by molar-refractivity contribution is 7.16. The highest BCUT2D eigenvalue weighted by Crippen LogP contribution is 2.23. The summed E-state index contributed by atoms with van der Waals surface area (Å²) >= 11 is 7.42. The molecule has 0 saturated carbocycles. The maximum Gasteiger partial charge on any atom is 0.410 e. The Hall–Kier alpha value is -2.05. The van der Waals surface area contributed by atoms with Crippen molar-refractivity contribution in [3.63, 3.8) is 0 Å². The first-order valence-electron chi connectivity index (χ1n) is 9.28. The number of amides is 2. The number of hydrogen-bond donors (Lipinski definition) is 1. The van der Waals surface area contributed by atoms with Crippen LogP contribution < -0.4 is 5.32 Å². The van der Waals surface area contributed by atoms with Crippen molar-refractivity contribution in [2.75, 3.05) is 11.9 Å². The summed E-state index contributed by atoms with van der Waals surface area (Å²) in [5.41, 5.74) is 1.02. The van der Waals surface area contributed by atoms with Gasteiger partial charge in [-0.15, -0.1) is 11.3 Å². The van der Waals surface area contributed by atoms with Crippen LogP contribution in [0.25, 0.3) is 0 Å². The predicted octanol–water partition coefficient (Wildman–Crippen LogP) is 5.73. The van der Waals surface area contributed by atoms with Crippen LogP contribution in [0.4, 0.5) is 10.5 Å². The zero-order valence-electron chi connectivity index (χ0n) is 16.8. The molecule has 1 heterocycles. The molecule has 0 unspecified atom stereocenters. The number of nitrogens with one attached hydrogen (secondary N) is 1. The minimum absolute atomic E-state index is 0.0720. The fourth-order valence-corrected chi connectivity index (χ4v) is 3.64. The SMILES string of the molecule is CCN(Cc1ccccc1NC(=O)CCc1ccc(Cl)s1)C(=O)OC(C)(C)C. The van der Waals surface area contributed by atoms with Crippen molar-refractivity contribution in [1.29, 1.82) is 0 Å². The van der Waals surface area contributed by atoms with E-state index in [0.29, 0.717) is 31.6 Å². The number of para-hydroxylation sites is 1. The average molecular weight is 423 g/mol. The first kappa shape index (κ1) is 22.2. The molecule has 7 heteroatoms. The average Bonchev–Trinajstić information content (AvgIpc) is 3.03. The Balaban J connectivity index is 2.00. The molecule has 2 aromatic rings. The third kappa shape index (κ3) is 7.17. The van der Waals surface area contributed by atoms with E-state index in [1.807, 2.05) is 64.1 Å². The van der Waals surface area contributed by atoms with Crippen molar-refractivity contribution in [3.05, 3.63) is 51.2 Å². The van der Waals surface area contributed by atoms with Crippen molar-refractivity contribution < 1.29 is 14.3 Å². The summed E-state index contributed by atoms with van der Waals surface area (Å²) < 4.78 is 6.19. The number of carbonyl (C=O) groups excluding carboxylic acids is 2. The van der Waals surface area contributed by atoms with Gasteiger partial charge in [-0.05, 0) is 57.9 Å². The summed E-state index contributed by atoms with van der Waals surface area (Å²) in [5, 5.41) is 2.96. The summed E-state index contributed by atoms with van der Waals surface area (Å²) in [4.78, 5) is 27.5. The Morgan fingerprint density at radius 3 is 2.50 bits per heavy atom. The molecule has 0 radical (unpaired) electrons. The van der Waals surface area contributed by atoms with Gasteiger partial charge in [-0.1, -0.05) is 29.8 Å². The van der Waals surface area contributed by atoms with Crippen molar-refractivity contribution >= 4 is 40.6 Å². The molecule has 0 aliphatic heterocycles. The first-order chi connectivity index (χ1) is 13.2. The molecule has 2 amide bonds. The molecular weight excluding hydrogens is 396 g/mol. The lowest BCUT2D eigenvalue weighted by molar-refractivity contribution is -0.116. The van der Waals surface area contributed by atoms with Crippen LogP contribution in [0.1, 0.15) is 44.6 Å². The summed E-state index contributed by atoms with van der Waals surface area (Å²) in [6, 6.07) is 11.3. The van der Waals surface area contributed by atoms with Crippen LogP contribution >= 0.6 is 22.9 Å². The number of thiophene rings is 1. The van der Waals surface area contributed by atoms with E-state index in [4.69, 9.17) is 16.3 Å². The van der Waals surface area contributed by atoms with Crippen LogP contribution in [0.2, 0.25) is 4.34 Å². The van der Waals surface area contributed by atoms with Gasteiger partial charge < -0.3 is 15.0 Å². The molecule has 1 N–H and O–H groups in total. The third-order valence-electron chi connectivity index (χ3n) is 3.91. The van der Waals surface area contributed by atoms with Crippen LogP contribution in [0.3, 0.4) is 0 Å². The number of aryl methyl sites for hydroxylation is 1. The van der Waals surface area contributed by atoms with E-state index in [0.717, 1.165) is 14.8 Å².